The highest BCUT2D eigenvalue weighted by Gasteiger charge is 2.21. The lowest BCUT2D eigenvalue weighted by Crippen LogP contribution is -2.10. The van der Waals surface area contributed by atoms with Gasteiger partial charge in [-0.05, 0) is 54.2 Å². The predicted molar refractivity (Wildman–Crippen MR) is 105 cm³/mol. The van der Waals surface area contributed by atoms with Crippen LogP contribution >= 0.6 is 0 Å². The maximum atomic E-state index is 6.18. The summed E-state index contributed by atoms with van der Waals surface area (Å²) < 4.78 is 12.1. The van der Waals surface area contributed by atoms with Crippen LogP contribution in [-0.2, 0) is 11.8 Å². The number of benzene rings is 2. The number of rotatable bonds is 4. The lowest BCUT2D eigenvalue weighted by molar-refractivity contribution is 0.342. The van der Waals surface area contributed by atoms with E-state index < -0.39 is 0 Å². The Hall–Kier alpha value is -2.35. The SMILES string of the molecule is CCOc1cc(-c2ccc(C(C)(C)C)cc2)[o+]c2ccc(CC)cc12. The van der Waals surface area contributed by atoms with Gasteiger partial charge in [0.2, 0.25) is 0 Å². The minimum absolute atomic E-state index is 0.145. The Bertz CT molecular complexity index is 871. The van der Waals surface area contributed by atoms with Gasteiger partial charge >= 0.3 is 11.3 Å². The molecule has 0 aliphatic carbocycles. The van der Waals surface area contributed by atoms with Crippen LogP contribution in [0.2, 0.25) is 0 Å². The molecule has 0 saturated heterocycles. The molecule has 1 heterocycles. The number of hydrogen-bond donors (Lipinski definition) is 0. The van der Waals surface area contributed by atoms with Crippen molar-refractivity contribution >= 4 is 11.0 Å². The summed E-state index contributed by atoms with van der Waals surface area (Å²) in [6, 6.07) is 16.9. The molecule has 0 spiro atoms. The summed E-state index contributed by atoms with van der Waals surface area (Å²) in [5.74, 6) is 1.72. The van der Waals surface area contributed by atoms with E-state index in [0.29, 0.717) is 6.61 Å². The molecule has 3 rings (SSSR count). The van der Waals surface area contributed by atoms with E-state index in [4.69, 9.17) is 9.15 Å². The van der Waals surface area contributed by atoms with E-state index in [2.05, 4.69) is 64.1 Å². The van der Waals surface area contributed by atoms with Crippen molar-refractivity contribution < 1.29 is 9.15 Å². The third kappa shape index (κ3) is 3.68. The molecule has 0 atom stereocenters. The van der Waals surface area contributed by atoms with Gasteiger partial charge in [0, 0.05) is 6.07 Å². The molecule has 2 aromatic carbocycles. The molecule has 0 bridgehead atoms. The molecule has 0 unspecified atom stereocenters. The van der Waals surface area contributed by atoms with Gasteiger partial charge < -0.3 is 4.74 Å². The number of ether oxygens (including phenoxy) is 1. The van der Waals surface area contributed by atoms with E-state index in [1.165, 1.54) is 11.1 Å². The van der Waals surface area contributed by atoms with E-state index in [9.17, 15) is 0 Å². The fourth-order valence-corrected chi connectivity index (χ4v) is 2.98. The maximum Gasteiger partial charge on any atom is 0.364 e. The highest BCUT2D eigenvalue weighted by atomic mass is 16.5. The minimum atomic E-state index is 0.145. The Balaban J connectivity index is 2.10. The van der Waals surface area contributed by atoms with Crippen molar-refractivity contribution in [2.24, 2.45) is 0 Å². The molecule has 0 saturated carbocycles. The highest BCUT2D eigenvalue weighted by Crippen LogP contribution is 2.34. The van der Waals surface area contributed by atoms with Gasteiger partial charge in [-0.2, -0.15) is 0 Å². The van der Waals surface area contributed by atoms with E-state index in [-0.39, 0.29) is 5.41 Å². The normalized spacial score (nSPS) is 11.7. The highest BCUT2D eigenvalue weighted by molar-refractivity contribution is 5.86. The summed E-state index contributed by atoms with van der Waals surface area (Å²) in [5.41, 5.74) is 4.67. The zero-order valence-electron chi connectivity index (χ0n) is 15.8. The van der Waals surface area contributed by atoms with Crippen molar-refractivity contribution in [1.82, 2.24) is 0 Å². The van der Waals surface area contributed by atoms with Crippen LogP contribution in [0.15, 0.2) is 52.9 Å². The van der Waals surface area contributed by atoms with Gasteiger partial charge in [-0.1, -0.05) is 39.8 Å². The molecule has 130 valence electrons. The summed E-state index contributed by atoms with van der Waals surface area (Å²) >= 11 is 0. The average Bonchev–Trinajstić information content (AvgIpc) is 2.61. The van der Waals surface area contributed by atoms with Crippen molar-refractivity contribution in [1.29, 1.82) is 0 Å². The molecule has 0 N–H and O–H groups in total. The smallest absolute Gasteiger partial charge is 0.364 e. The summed E-state index contributed by atoms with van der Waals surface area (Å²) in [5, 5.41) is 1.04. The van der Waals surface area contributed by atoms with Gasteiger partial charge in [-0.25, -0.2) is 4.42 Å². The molecule has 0 fully saturated rings. The monoisotopic (exact) mass is 335 g/mol. The predicted octanol–water partition coefficient (Wildman–Crippen LogP) is 6.64. The lowest BCUT2D eigenvalue weighted by Gasteiger charge is -2.18. The van der Waals surface area contributed by atoms with E-state index in [1.54, 1.807) is 0 Å². The first kappa shape index (κ1) is 17.5. The van der Waals surface area contributed by atoms with Crippen LogP contribution in [-0.4, -0.2) is 6.61 Å². The summed E-state index contributed by atoms with van der Waals surface area (Å²) in [4.78, 5) is 0. The number of aryl methyl sites for hydroxylation is 1. The fourth-order valence-electron chi connectivity index (χ4n) is 2.98. The quantitative estimate of drug-likeness (QED) is 0.498. The number of fused-ring (bicyclic) bond motifs is 1. The second-order valence-electron chi connectivity index (χ2n) is 7.42. The third-order valence-electron chi connectivity index (χ3n) is 4.54. The third-order valence-corrected chi connectivity index (χ3v) is 4.54. The van der Waals surface area contributed by atoms with Crippen LogP contribution in [0.25, 0.3) is 22.3 Å². The number of hydrogen-bond acceptors (Lipinski definition) is 1. The zero-order valence-corrected chi connectivity index (χ0v) is 15.8. The van der Waals surface area contributed by atoms with Crippen molar-refractivity contribution in [3.05, 3.63) is 59.7 Å². The van der Waals surface area contributed by atoms with E-state index in [1.807, 2.05) is 19.1 Å². The Morgan fingerprint density at radius 2 is 1.64 bits per heavy atom. The Kier molecular flexibility index (Phi) is 4.80. The second-order valence-corrected chi connectivity index (χ2v) is 7.42. The first-order chi connectivity index (χ1) is 11.9. The molecule has 0 amide bonds. The molecule has 2 heteroatoms. The van der Waals surface area contributed by atoms with Crippen LogP contribution in [0.3, 0.4) is 0 Å². The second kappa shape index (κ2) is 6.87. The van der Waals surface area contributed by atoms with Crippen molar-refractivity contribution in [2.75, 3.05) is 6.61 Å². The summed E-state index contributed by atoms with van der Waals surface area (Å²) in [6.45, 7) is 11.5. The lowest BCUT2D eigenvalue weighted by atomic mass is 9.86. The van der Waals surface area contributed by atoms with E-state index >= 15 is 0 Å². The summed E-state index contributed by atoms with van der Waals surface area (Å²) in [6.07, 6.45) is 0.998. The minimum Gasteiger partial charge on any atom is -0.493 e. The van der Waals surface area contributed by atoms with Gasteiger partial charge in [0.25, 0.3) is 0 Å². The van der Waals surface area contributed by atoms with Crippen LogP contribution in [0.5, 0.6) is 5.75 Å². The zero-order chi connectivity index (χ0) is 18.0. The van der Waals surface area contributed by atoms with Crippen LogP contribution in [0.1, 0.15) is 45.7 Å². The molecule has 25 heavy (non-hydrogen) atoms. The summed E-state index contributed by atoms with van der Waals surface area (Å²) in [7, 11) is 0. The van der Waals surface area contributed by atoms with Crippen molar-refractivity contribution in [2.45, 2.75) is 46.5 Å². The topological polar surface area (TPSA) is 20.5 Å². The van der Waals surface area contributed by atoms with Gasteiger partial charge in [-0.3, -0.25) is 0 Å². The standard InChI is InChI=1S/C23H27O2/c1-6-16-8-13-20-19(14-16)22(24-7-2)15-21(25-20)17-9-11-18(12-10-17)23(3,4)5/h8-15H,6-7H2,1-5H3/q+1. The Morgan fingerprint density at radius 3 is 2.24 bits per heavy atom. The first-order valence-electron chi connectivity index (χ1n) is 9.06. The molecule has 2 nitrogen and oxygen atoms in total. The molecular weight excluding hydrogens is 308 g/mol. The van der Waals surface area contributed by atoms with E-state index in [0.717, 1.165) is 34.5 Å². The molecule has 0 aliphatic heterocycles. The molecule has 1 aromatic heterocycles. The van der Waals surface area contributed by atoms with Gasteiger partial charge in [-0.15, -0.1) is 0 Å². The largest absolute Gasteiger partial charge is 0.493 e. The van der Waals surface area contributed by atoms with Crippen LogP contribution in [0, 0.1) is 0 Å². The van der Waals surface area contributed by atoms with Crippen molar-refractivity contribution in [3.8, 4) is 17.1 Å². The fraction of sp³-hybridized carbons (Fsp3) is 0.348. The molecule has 0 radical (unpaired) electrons. The van der Waals surface area contributed by atoms with Gasteiger partial charge in [0.05, 0.1) is 18.2 Å². The Labute approximate surface area is 150 Å². The molecule has 3 aromatic rings. The first-order valence-corrected chi connectivity index (χ1v) is 9.06. The van der Waals surface area contributed by atoms with Crippen LogP contribution < -0.4 is 4.74 Å². The Morgan fingerprint density at radius 1 is 0.920 bits per heavy atom. The van der Waals surface area contributed by atoms with Crippen LogP contribution in [0.4, 0.5) is 0 Å². The average molecular weight is 335 g/mol. The van der Waals surface area contributed by atoms with Crippen molar-refractivity contribution in [3.63, 3.8) is 0 Å². The van der Waals surface area contributed by atoms with Gasteiger partial charge in [0.1, 0.15) is 11.1 Å². The molecular formula is C23H27O2+. The molecule has 0 aliphatic rings. The maximum absolute atomic E-state index is 6.18. The van der Waals surface area contributed by atoms with Gasteiger partial charge in [0.15, 0.2) is 0 Å².